The third-order valence-corrected chi connectivity index (χ3v) is 1.68. The molecule has 0 radical (unpaired) electrons. The van der Waals surface area contributed by atoms with Crippen LogP contribution in [0, 0.1) is 11.8 Å². The molecule has 0 aliphatic rings. The Kier molecular flexibility index (Phi) is 4.21. The van der Waals surface area contributed by atoms with E-state index in [1.165, 1.54) is 0 Å². The van der Waals surface area contributed by atoms with Gasteiger partial charge in [0.1, 0.15) is 0 Å². The summed E-state index contributed by atoms with van der Waals surface area (Å²) in [7, 11) is 3.79. The summed E-state index contributed by atoms with van der Waals surface area (Å²) in [4.78, 5) is 10.1. The summed E-state index contributed by atoms with van der Waals surface area (Å²) in [6.07, 6.45) is 4.12. The number of nitrogens with zero attached hydrogens (tertiary/aromatic N) is 3. The van der Waals surface area contributed by atoms with Gasteiger partial charge in [0.25, 0.3) is 0 Å². The van der Waals surface area contributed by atoms with Crippen LogP contribution < -0.4 is 4.90 Å². The molecule has 0 N–H and O–H groups in total. The molecule has 0 unspecified atom stereocenters. The second kappa shape index (κ2) is 5.46. The summed E-state index contributed by atoms with van der Waals surface area (Å²) in [5.41, 5.74) is 0.820. The van der Waals surface area contributed by atoms with Crippen molar-refractivity contribution in [3.8, 4) is 11.8 Å². The van der Waals surface area contributed by atoms with Crippen LogP contribution >= 0.6 is 11.6 Å². The molecule has 0 atom stereocenters. The van der Waals surface area contributed by atoms with Crippen LogP contribution in [0.25, 0.3) is 0 Å². The van der Waals surface area contributed by atoms with E-state index in [1.54, 1.807) is 12.4 Å². The largest absolute Gasteiger partial charge is 0.347 e. The highest BCUT2D eigenvalue weighted by atomic mass is 35.5. The van der Waals surface area contributed by atoms with Crippen LogP contribution in [0.15, 0.2) is 12.4 Å². The average Bonchev–Trinajstić information content (AvgIpc) is 2.19. The molecule has 0 fully saturated rings. The topological polar surface area (TPSA) is 29.0 Å². The number of hydrogen-bond acceptors (Lipinski definition) is 3. The fourth-order valence-electron chi connectivity index (χ4n) is 0.829. The molecule has 3 nitrogen and oxygen atoms in total. The Balaban J connectivity index is 2.70. The molecule has 0 amide bonds. The second-order valence-electron chi connectivity index (χ2n) is 2.91. The second-order valence-corrected chi connectivity index (χ2v) is 3.28. The van der Waals surface area contributed by atoms with E-state index in [4.69, 9.17) is 11.6 Å². The van der Waals surface area contributed by atoms with Gasteiger partial charge in [0.15, 0.2) is 0 Å². The predicted molar refractivity (Wildman–Crippen MR) is 58.6 cm³/mol. The van der Waals surface area contributed by atoms with Gasteiger partial charge in [-0.05, 0) is 0 Å². The molecule has 0 bridgehead atoms. The predicted octanol–water partition coefficient (Wildman–Crippen LogP) is 1.52. The van der Waals surface area contributed by atoms with E-state index < -0.39 is 0 Å². The van der Waals surface area contributed by atoms with Gasteiger partial charge in [-0.15, -0.1) is 11.6 Å². The zero-order chi connectivity index (χ0) is 10.4. The van der Waals surface area contributed by atoms with Gasteiger partial charge >= 0.3 is 0 Å². The van der Waals surface area contributed by atoms with E-state index in [9.17, 15) is 0 Å². The molecule has 14 heavy (non-hydrogen) atoms. The zero-order valence-corrected chi connectivity index (χ0v) is 9.04. The van der Waals surface area contributed by atoms with Gasteiger partial charge in [0.05, 0.1) is 5.56 Å². The van der Waals surface area contributed by atoms with Gasteiger partial charge < -0.3 is 4.90 Å². The quantitative estimate of drug-likeness (QED) is 0.547. The summed E-state index contributed by atoms with van der Waals surface area (Å²) in [5.74, 6) is 7.11. The lowest BCUT2D eigenvalue weighted by Gasteiger charge is -2.07. The number of alkyl halides is 1. The van der Waals surface area contributed by atoms with Crippen molar-refractivity contribution in [2.24, 2.45) is 0 Å². The van der Waals surface area contributed by atoms with E-state index in [1.807, 2.05) is 19.0 Å². The highest BCUT2D eigenvalue weighted by molar-refractivity contribution is 6.18. The Morgan fingerprint density at radius 2 is 2.00 bits per heavy atom. The monoisotopic (exact) mass is 209 g/mol. The number of rotatable bonds is 2. The van der Waals surface area contributed by atoms with E-state index in [-0.39, 0.29) is 0 Å². The minimum atomic E-state index is 0.559. The molecule has 0 saturated carbocycles. The Morgan fingerprint density at radius 3 is 2.50 bits per heavy atom. The maximum absolute atomic E-state index is 5.49. The Labute approximate surface area is 89.1 Å². The van der Waals surface area contributed by atoms with Crippen LogP contribution in [-0.2, 0) is 0 Å². The highest BCUT2D eigenvalue weighted by Gasteiger charge is 1.96. The maximum atomic E-state index is 5.49. The molecule has 0 spiro atoms. The maximum Gasteiger partial charge on any atom is 0.224 e. The highest BCUT2D eigenvalue weighted by Crippen LogP contribution is 2.01. The molecule has 4 heteroatoms. The van der Waals surface area contributed by atoms with Crippen molar-refractivity contribution in [2.45, 2.75) is 6.42 Å². The lowest BCUT2D eigenvalue weighted by molar-refractivity contribution is 0.995. The molecular formula is C10H12ClN3. The van der Waals surface area contributed by atoms with Crippen LogP contribution in [0.4, 0.5) is 5.95 Å². The van der Waals surface area contributed by atoms with E-state index in [2.05, 4.69) is 21.8 Å². The third kappa shape index (κ3) is 3.23. The number of halogens is 1. The van der Waals surface area contributed by atoms with Gasteiger partial charge in [-0.3, -0.25) is 0 Å². The normalized spacial score (nSPS) is 9.07. The first kappa shape index (κ1) is 10.8. The van der Waals surface area contributed by atoms with Gasteiger partial charge in [-0.2, -0.15) is 0 Å². The van der Waals surface area contributed by atoms with Crippen LogP contribution in [0.2, 0.25) is 0 Å². The molecule has 1 aromatic heterocycles. The fourth-order valence-corrected chi connectivity index (χ4v) is 0.923. The molecule has 0 aliphatic heterocycles. The summed E-state index contributed by atoms with van der Waals surface area (Å²) in [5, 5.41) is 0. The molecule has 0 saturated heterocycles. The van der Waals surface area contributed by atoms with Crippen LogP contribution in [0.5, 0.6) is 0 Å². The lowest BCUT2D eigenvalue weighted by Crippen LogP contribution is -2.12. The van der Waals surface area contributed by atoms with E-state index >= 15 is 0 Å². The smallest absolute Gasteiger partial charge is 0.224 e. The third-order valence-electron chi connectivity index (χ3n) is 1.49. The van der Waals surface area contributed by atoms with Crippen molar-refractivity contribution in [1.29, 1.82) is 0 Å². The molecule has 1 rings (SSSR count). The van der Waals surface area contributed by atoms with E-state index in [0.29, 0.717) is 18.2 Å². The first-order chi connectivity index (χ1) is 6.74. The van der Waals surface area contributed by atoms with Gasteiger partial charge in [0, 0.05) is 38.8 Å². The molecule has 0 aromatic carbocycles. The molecule has 0 aliphatic carbocycles. The summed E-state index contributed by atoms with van der Waals surface area (Å²) < 4.78 is 0. The SMILES string of the molecule is CN(C)c1ncc(C#CCCCl)cn1. The Hall–Kier alpha value is -1.27. The first-order valence-electron chi connectivity index (χ1n) is 4.28. The zero-order valence-electron chi connectivity index (χ0n) is 8.29. The summed E-state index contributed by atoms with van der Waals surface area (Å²) >= 11 is 5.49. The minimum Gasteiger partial charge on any atom is -0.347 e. The lowest BCUT2D eigenvalue weighted by atomic mass is 10.3. The van der Waals surface area contributed by atoms with E-state index in [0.717, 1.165) is 5.56 Å². The van der Waals surface area contributed by atoms with Crippen molar-refractivity contribution < 1.29 is 0 Å². The molecular weight excluding hydrogens is 198 g/mol. The van der Waals surface area contributed by atoms with Gasteiger partial charge in [-0.25, -0.2) is 9.97 Å². The Bertz CT molecular complexity index is 335. The van der Waals surface area contributed by atoms with Gasteiger partial charge in [-0.1, -0.05) is 11.8 Å². The summed E-state index contributed by atoms with van der Waals surface area (Å²) in [6, 6.07) is 0. The minimum absolute atomic E-state index is 0.559. The van der Waals surface area contributed by atoms with Gasteiger partial charge in [0.2, 0.25) is 5.95 Å². The van der Waals surface area contributed by atoms with Crippen molar-refractivity contribution in [3.63, 3.8) is 0 Å². The first-order valence-corrected chi connectivity index (χ1v) is 4.81. The number of aromatic nitrogens is 2. The van der Waals surface area contributed by atoms with Crippen molar-refractivity contribution in [2.75, 3.05) is 24.9 Å². The van der Waals surface area contributed by atoms with Crippen molar-refractivity contribution >= 4 is 17.5 Å². The van der Waals surface area contributed by atoms with Crippen LogP contribution in [-0.4, -0.2) is 29.9 Å². The fraction of sp³-hybridized carbons (Fsp3) is 0.400. The summed E-state index contributed by atoms with van der Waals surface area (Å²) in [6.45, 7) is 0. The molecule has 74 valence electrons. The standard InChI is InChI=1S/C10H12ClN3/c1-14(2)10-12-7-9(8-13-10)5-3-4-6-11/h7-8H,4,6H2,1-2H3. The number of anilines is 1. The average molecular weight is 210 g/mol. The van der Waals surface area contributed by atoms with Crippen LogP contribution in [0.3, 0.4) is 0 Å². The molecule has 1 heterocycles. The molecule has 1 aromatic rings. The van der Waals surface area contributed by atoms with Crippen LogP contribution in [0.1, 0.15) is 12.0 Å². The van der Waals surface area contributed by atoms with Crippen molar-refractivity contribution in [3.05, 3.63) is 18.0 Å². The Morgan fingerprint density at radius 1 is 1.36 bits per heavy atom. The number of hydrogen-bond donors (Lipinski definition) is 0. The van der Waals surface area contributed by atoms with Crippen molar-refractivity contribution in [1.82, 2.24) is 9.97 Å².